The van der Waals surface area contributed by atoms with Crippen LogP contribution in [0.4, 0.5) is 0 Å². The van der Waals surface area contributed by atoms with Gasteiger partial charge < -0.3 is 4.57 Å². The Labute approximate surface area is 93.7 Å². The topological polar surface area (TPSA) is 17.8 Å². The number of unbranched alkanes of at least 4 members (excludes halogenated alkanes) is 1. The fraction of sp³-hybridized carbons (Fsp3) is 0.769. The minimum atomic E-state index is 0.145. The fourth-order valence-electron chi connectivity index (χ4n) is 1.89. The van der Waals surface area contributed by atoms with Crippen LogP contribution in [0.2, 0.25) is 0 Å². The highest BCUT2D eigenvalue weighted by Gasteiger charge is 2.19. The molecular weight excluding hydrogens is 184 g/mol. The van der Waals surface area contributed by atoms with Crippen LogP contribution < -0.4 is 0 Å². The summed E-state index contributed by atoms with van der Waals surface area (Å²) in [6, 6.07) is 0. The van der Waals surface area contributed by atoms with Gasteiger partial charge in [0.2, 0.25) is 0 Å². The fourth-order valence-corrected chi connectivity index (χ4v) is 1.89. The zero-order valence-corrected chi connectivity index (χ0v) is 10.7. The standard InChI is InChI=1S/C13H24N2/c1-6-7-8-11(2)12-9-14-10-15(12)13(3,4)5/h9-11H,6-8H2,1-5H3. The number of imidazole rings is 1. The molecule has 0 radical (unpaired) electrons. The van der Waals surface area contributed by atoms with Crippen molar-refractivity contribution in [3.05, 3.63) is 18.2 Å². The molecule has 2 heteroatoms. The van der Waals surface area contributed by atoms with Crippen molar-refractivity contribution in [3.63, 3.8) is 0 Å². The van der Waals surface area contributed by atoms with E-state index in [1.54, 1.807) is 0 Å². The molecule has 0 saturated heterocycles. The Balaban J connectivity index is 2.81. The molecule has 0 saturated carbocycles. The van der Waals surface area contributed by atoms with E-state index in [4.69, 9.17) is 0 Å². The van der Waals surface area contributed by atoms with Gasteiger partial charge >= 0.3 is 0 Å². The lowest BCUT2D eigenvalue weighted by molar-refractivity contribution is 0.373. The Hall–Kier alpha value is -0.790. The van der Waals surface area contributed by atoms with Gasteiger partial charge in [0.05, 0.1) is 6.33 Å². The third kappa shape index (κ3) is 3.08. The Morgan fingerprint density at radius 1 is 1.40 bits per heavy atom. The summed E-state index contributed by atoms with van der Waals surface area (Å²) in [7, 11) is 0. The van der Waals surface area contributed by atoms with Crippen LogP contribution in [0, 0.1) is 0 Å². The molecule has 1 unspecified atom stereocenters. The monoisotopic (exact) mass is 208 g/mol. The second-order valence-electron chi connectivity index (χ2n) is 5.40. The average molecular weight is 208 g/mol. The summed E-state index contributed by atoms with van der Waals surface area (Å²) >= 11 is 0. The van der Waals surface area contributed by atoms with Gasteiger partial charge in [0.15, 0.2) is 0 Å². The van der Waals surface area contributed by atoms with Gasteiger partial charge in [0.1, 0.15) is 0 Å². The normalized spacial score (nSPS) is 14.2. The Morgan fingerprint density at radius 2 is 2.07 bits per heavy atom. The molecule has 1 aromatic heterocycles. The van der Waals surface area contributed by atoms with Crippen molar-refractivity contribution in [3.8, 4) is 0 Å². The van der Waals surface area contributed by atoms with E-state index in [1.165, 1.54) is 25.0 Å². The van der Waals surface area contributed by atoms with Crippen molar-refractivity contribution in [2.75, 3.05) is 0 Å². The highest BCUT2D eigenvalue weighted by atomic mass is 15.1. The van der Waals surface area contributed by atoms with Gasteiger partial charge in [-0.15, -0.1) is 0 Å². The highest BCUT2D eigenvalue weighted by molar-refractivity contribution is 5.07. The summed E-state index contributed by atoms with van der Waals surface area (Å²) in [5.74, 6) is 0.617. The third-order valence-corrected chi connectivity index (χ3v) is 2.89. The number of rotatable bonds is 4. The molecule has 1 aromatic rings. The van der Waals surface area contributed by atoms with E-state index < -0.39 is 0 Å². The summed E-state index contributed by atoms with van der Waals surface area (Å²) in [5, 5.41) is 0. The molecule has 0 bridgehead atoms. The molecule has 0 N–H and O–H groups in total. The summed E-state index contributed by atoms with van der Waals surface area (Å²) in [6.07, 6.45) is 7.81. The second kappa shape index (κ2) is 4.82. The van der Waals surface area contributed by atoms with E-state index in [0.29, 0.717) is 5.92 Å². The predicted molar refractivity (Wildman–Crippen MR) is 65.2 cm³/mol. The molecular formula is C13H24N2. The van der Waals surface area contributed by atoms with Crippen molar-refractivity contribution < 1.29 is 0 Å². The summed E-state index contributed by atoms with van der Waals surface area (Å²) < 4.78 is 2.30. The molecule has 0 aliphatic carbocycles. The summed E-state index contributed by atoms with van der Waals surface area (Å²) in [5.41, 5.74) is 1.52. The number of hydrogen-bond acceptors (Lipinski definition) is 1. The van der Waals surface area contributed by atoms with Crippen molar-refractivity contribution in [2.24, 2.45) is 0 Å². The maximum atomic E-state index is 4.28. The van der Waals surface area contributed by atoms with Crippen molar-refractivity contribution >= 4 is 0 Å². The van der Waals surface area contributed by atoms with Gasteiger partial charge in [-0.25, -0.2) is 4.98 Å². The molecule has 15 heavy (non-hydrogen) atoms. The molecule has 1 atom stereocenters. The molecule has 86 valence electrons. The molecule has 1 heterocycles. The van der Waals surface area contributed by atoms with Gasteiger partial charge in [-0.2, -0.15) is 0 Å². The first-order chi connectivity index (χ1) is 6.96. The number of aromatic nitrogens is 2. The van der Waals surface area contributed by atoms with Crippen LogP contribution in [0.5, 0.6) is 0 Å². The van der Waals surface area contributed by atoms with E-state index in [2.05, 4.69) is 44.2 Å². The first-order valence-electron chi connectivity index (χ1n) is 5.99. The molecule has 0 aliphatic rings. The Morgan fingerprint density at radius 3 is 2.60 bits per heavy atom. The minimum absolute atomic E-state index is 0.145. The predicted octanol–water partition coefficient (Wildman–Crippen LogP) is 3.93. The number of nitrogens with zero attached hydrogens (tertiary/aromatic N) is 2. The van der Waals surface area contributed by atoms with Gasteiger partial charge in [-0.1, -0.05) is 26.7 Å². The van der Waals surface area contributed by atoms with Crippen LogP contribution in [0.3, 0.4) is 0 Å². The van der Waals surface area contributed by atoms with Gasteiger partial charge in [0, 0.05) is 17.4 Å². The largest absolute Gasteiger partial charge is 0.329 e. The van der Waals surface area contributed by atoms with Gasteiger partial charge in [-0.05, 0) is 33.1 Å². The Kier molecular flexibility index (Phi) is 3.95. The third-order valence-electron chi connectivity index (χ3n) is 2.89. The number of hydrogen-bond donors (Lipinski definition) is 0. The molecule has 0 amide bonds. The van der Waals surface area contributed by atoms with E-state index in [9.17, 15) is 0 Å². The molecule has 0 fully saturated rings. The average Bonchev–Trinajstić information content (AvgIpc) is 2.61. The maximum absolute atomic E-state index is 4.28. The van der Waals surface area contributed by atoms with Gasteiger partial charge in [0.25, 0.3) is 0 Å². The SMILES string of the molecule is CCCCC(C)c1cncn1C(C)(C)C. The van der Waals surface area contributed by atoms with Gasteiger partial charge in [-0.3, -0.25) is 0 Å². The van der Waals surface area contributed by atoms with Crippen LogP contribution >= 0.6 is 0 Å². The lowest BCUT2D eigenvalue weighted by Gasteiger charge is -2.26. The summed E-state index contributed by atoms with van der Waals surface area (Å²) in [4.78, 5) is 4.28. The van der Waals surface area contributed by atoms with Crippen molar-refractivity contribution in [1.82, 2.24) is 9.55 Å². The molecule has 0 spiro atoms. The van der Waals surface area contributed by atoms with Crippen LogP contribution in [-0.2, 0) is 5.54 Å². The van der Waals surface area contributed by atoms with E-state index in [-0.39, 0.29) is 5.54 Å². The molecule has 1 rings (SSSR count). The smallest absolute Gasteiger partial charge is 0.0953 e. The molecule has 0 aliphatic heterocycles. The maximum Gasteiger partial charge on any atom is 0.0953 e. The second-order valence-corrected chi connectivity index (χ2v) is 5.40. The molecule has 2 nitrogen and oxygen atoms in total. The van der Waals surface area contributed by atoms with E-state index in [1.807, 2.05) is 12.5 Å². The van der Waals surface area contributed by atoms with E-state index >= 15 is 0 Å². The van der Waals surface area contributed by atoms with Crippen LogP contribution in [-0.4, -0.2) is 9.55 Å². The summed E-state index contributed by atoms with van der Waals surface area (Å²) in [6.45, 7) is 11.2. The van der Waals surface area contributed by atoms with E-state index in [0.717, 1.165) is 0 Å². The van der Waals surface area contributed by atoms with Crippen molar-refractivity contribution in [2.45, 2.75) is 65.3 Å². The first-order valence-corrected chi connectivity index (χ1v) is 5.99. The van der Waals surface area contributed by atoms with Crippen LogP contribution in [0.1, 0.15) is 65.5 Å². The quantitative estimate of drug-likeness (QED) is 0.733. The Bertz CT molecular complexity index is 294. The lowest BCUT2D eigenvalue weighted by atomic mass is 9.99. The minimum Gasteiger partial charge on any atom is -0.329 e. The van der Waals surface area contributed by atoms with Crippen molar-refractivity contribution in [1.29, 1.82) is 0 Å². The highest BCUT2D eigenvalue weighted by Crippen LogP contribution is 2.25. The zero-order chi connectivity index (χ0) is 11.5. The zero-order valence-electron chi connectivity index (χ0n) is 10.7. The van der Waals surface area contributed by atoms with Crippen LogP contribution in [0.25, 0.3) is 0 Å². The molecule has 0 aromatic carbocycles. The first kappa shape index (κ1) is 12.3. The lowest BCUT2D eigenvalue weighted by Crippen LogP contribution is -2.23. The van der Waals surface area contributed by atoms with Crippen LogP contribution in [0.15, 0.2) is 12.5 Å².